The third-order valence-electron chi connectivity index (χ3n) is 6.03. The van der Waals surface area contributed by atoms with Crippen molar-refractivity contribution in [2.45, 2.75) is 44.7 Å². The molecule has 0 unspecified atom stereocenters. The summed E-state index contributed by atoms with van der Waals surface area (Å²) < 4.78 is 26.9. The van der Waals surface area contributed by atoms with Crippen molar-refractivity contribution in [3.05, 3.63) is 94.3 Å². The van der Waals surface area contributed by atoms with Gasteiger partial charge in [-0.15, -0.1) is 0 Å². The van der Waals surface area contributed by atoms with Gasteiger partial charge in [-0.1, -0.05) is 17.7 Å². The Bertz CT molecular complexity index is 1330. The zero-order valence-electron chi connectivity index (χ0n) is 20.1. The first kappa shape index (κ1) is 26.2. The largest absolute Gasteiger partial charge is 0.353 e. The van der Waals surface area contributed by atoms with Crippen LogP contribution in [0.1, 0.15) is 52.1 Å². The molecule has 0 radical (unpaired) electrons. The van der Waals surface area contributed by atoms with Gasteiger partial charge in [0.1, 0.15) is 0 Å². The summed E-state index contributed by atoms with van der Waals surface area (Å²) in [5.41, 5.74) is 1.87. The van der Waals surface area contributed by atoms with Gasteiger partial charge in [0.25, 0.3) is 11.8 Å². The van der Waals surface area contributed by atoms with E-state index in [0.717, 1.165) is 43.5 Å². The molecule has 37 heavy (non-hydrogen) atoms. The standard InChI is InChI=1S/C27H26ClF2N5O2/c1-16-13-18(11-12-31-16)25(36)32-20-6-8-21(9-7-20)33-27(34-22-4-2-3-19(28)15-22)35-26(37)17-5-10-23(29)24(30)14-17/h2-5,10-15,20-21H,6-9H2,1H3,(H,32,36)(H2,33,34,35,37)/t20-,21-. The van der Waals surface area contributed by atoms with E-state index in [9.17, 15) is 18.4 Å². The van der Waals surface area contributed by atoms with Crippen molar-refractivity contribution in [2.24, 2.45) is 4.99 Å². The molecule has 10 heteroatoms. The molecule has 192 valence electrons. The summed E-state index contributed by atoms with van der Waals surface area (Å²) in [5, 5.41) is 9.87. The van der Waals surface area contributed by atoms with E-state index in [-0.39, 0.29) is 29.5 Å². The minimum absolute atomic E-state index is 0.0177. The molecule has 0 saturated heterocycles. The number of hydrogen-bond acceptors (Lipinski definition) is 3. The van der Waals surface area contributed by atoms with E-state index in [4.69, 9.17) is 11.6 Å². The van der Waals surface area contributed by atoms with Gasteiger partial charge >= 0.3 is 0 Å². The number of hydrogen-bond donors (Lipinski definition) is 3. The average Bonchev–Trinajstić information content (AvgIpc) is 2.87. The highest BCUT2D eigenvalue weighted by Gasteiger charge is 2.24. The molecule has 0 bridgehead atoms. The number of nitrogens with one attached hydrogen (secondary N) is 3. The smallest absolute Gasteiger partial charge is 0.280 e. The van der Waals surface area contributed by atoms with Crippen molar-refractivity contribution in [1.29, 1.82) is 0 Å². The van der Waals surface area contributed by atoms with Crippen LogP contribution in [0.2, 0.25) is 5.02 Å². The summed E-state index contributed by atoms with van der Waals surface area (Å²) in [5.74, 6) is -2.87. The van der Waals surface area contributed by atoms with Crippen LogP contribution in [-0.4, -0.2) is 34.8 Å². The van der Waals surface area contributed by atoms with E-state index in [0.29, 0.717) is 16.3 Å². The number of aliphatic imine (C=N–C) groups is 1. The average molecular weight is 526 g/mol. The third-order valence-corrected chi connectivity index (χ3v) is 6.26. The van der Waals surface area contributed by atoms with Crippen LogP contribution < -0.4 is 16.0 Å². The highest BCUT2D eigenvalue weighted by Crippen LogP contribution is 2.20. The number of benzene rings is 2. The van der Waals surface area contributed by atoms with E-state index < -0.39 is 17.5 Å². The number of nitrogens with zero attached hydrogens (tertiary/aromatic N) is 2. The van der Waals surface area contributed by atoms with Crippen LogP contribution >= 0.6 is 11.6 Å². The number of guanidine groups is 1. The van der Waals surface area contributed by atoms with Gasteiger partial charge in [0, 0.05) is 45.8 Å². The van der Waals surface area contributed by atoms with Gasteiger partial charge in [0.2, 0.25) is 5.96 Å². The van der Waals surface area contributed by atoms with Crippen molar-refractivity contribution >= 4 is 35.1 Å². The molecule has 1 aliphatic carbocycles. The maximum absolute atomic E-state index is 13.6. The van der Waals surface area contributed by atoms with Gasteiger partial charge in [0.15, 0.2) is 11.6 Å². The number of carbonyl (C=O) groups is 2. The minimum Gasteiger partial charge on any atom is -0.353 e. The summed E-state index contributed by atoms with van der Waals surface area (Å²) in [6.45, 7) is 1.83. The lowest BCUT2D eigenvalue weighted by atomic mass is 9.91. The van der Waals surface area contributed by atoms with Gasteiger partial charge in [-0.2, -0.15) is 4.99 Å². The molecule has 3 N–H and O–H groups in total. The molecule has 2 amide bonds. The van der Waals surface area contributed by atoms with Gasteiger partial charge in [0.05, 0.1) is 0 Å². The number of carbonyl (C=O) groups excluding carboxylic acids is 2. The number of aromatic nitrogens is 1. The van der Waals surface area contributed by atoms with E-state index >= 15 is 0 Å². The van der Waals surface area contributed by atoms with Crippen molar-refractivity contribution < 1.29 is 18.4 Å². The Balaban J connectivity index is 1.42. The Morgan fingerprint density at radius 3 is 2.32 bits per heavy atom. The van der Waals surface area contributed by atoms with E-state index in [1.165, 1.54) is 6.07 Å². The molecule has 1 fully saturated rings. The van der Waals surface area contributed by atoms with E-state index in [1.54, 1.807) is 42.6 Å². The number of halogens is 3. The first-order valence-electron chi connectivity index (χ1n) is 11.9. The van der Waals surface area contributed by atoms with Crippen molar-refractivity contribution in [2.75, 3.05) is 5.32 Å². The molecule has 3 aromatic rings. The monoisotopic (exact) mass is 525 g/mol. The Morgan fingerprint density at radius 2 is 1.65 bits per heavy atom. The number of anilines is 1. The molecule has 1 saturated carbocycles. The quantitative estimate of drug-likeness (QED) is 0.312. The fourth-order valence-corrected chi connectivity index (χ4v) is 4.32. The normalized spacial score (nSPS) is 17.7. The lowest BCUT2D eigenvalue weighted by Crippen LogP contribution is -2.45. The fraction of sp³-hybridized carbons (Fsp3) is 0.259. The van der Waals surface area contributed by atoms with Crippen LogP contribution in [0.5, 0.6) is 0 Å². The molecule has 0 aliphatic heterocycles. The molecule has 7 nitrogen and oxygen atoms in total. The maximum atomic E-state index is 13.6. The molecule has 1 heterocycles. The van der Waals surface area contributed by atoms with Gasteiger partial charge in [-0.25, -0.2) is 8.78 Å². The lowest BCUT2D eigenvalue weighted by Gasteiger charge is -2.30. The highest BCUT2D eigenvalue weighted by atomic mass is 35.5. The molecule has 1 aliphatic rings. The van der Waals surface area contributed by atoms with Crippen molar-refractivity contribution in [3.63, 3.8) is 0 Å². The molecule has 4 rings (SSSR count). The number of aryl methyl sites for hydroxylation is 1. The Hall–Kier alpha value is -3.85. The topological polar surface area (TPSA) is 95.5 Å². The summed E-state index contributed by atoms with van der Waals surface area (Å²) >= 11 is 6.08. The van der Waals surface area contributed by atoms with Crippen LogP contribution in [0.4, 0.5) is 14.5 Å². The van der Waals surface area contributed by atoms with Gasteiger partial charge in [-0.05, 0) is 81.1 Å². The second-order valence-electron chi connectivity index (χ2n) is 8.88. The molecular weight excluding hydrogens is 500 g/mol. The molecule has 0 atom stereocenters. The summed E-state index contributed by atoms with van der Waals surface area (Å²) in [4.78, 5) is 33.5. The minimum atomic E-state index is -1.12. The predicted molar refractivity (Wildman–Crippen MR) is 139 cm³/mol. The van der Waals surface area contributed by atoms with Crippen LogP contribution in [-0.2, 0) is 0 Å². The van der Waals surface area contributed by atoms with Gasteiger partial charge < -0.3 is 16.0 Å². The van der Waals surface area contributed by atoms with Crippen LogP contribution in [0.15, 0.2) is 65.8 Å². The maximum Gasteiger partial charge on any atom is 0.280 e. The first-order valence-corrected chi connectivity index (χ1v) is 12.3. The van der Waals surface area contributed by atoms with Crippen LogP contribution in [0.3, 0.4) is 0 Å². The van der Waals surface area contributed by atoms with Crippen molar-refractivity contribution in [1.82, 2.24) is 15.6 Å². The third kappa shape index (κ3) is 7.33. The van der Waals surface area contributed by atoms with Crippen LogP contribution in [0.25, 0.3) is 0 Å². The van der Waals surface area contributed by atoms with Crippen molar-refractivity contribution in [3.8, 4) is 0 Å². The molecular formula is C27H26ClF2N5O2. The molecule has 0 spiro atoms. The summed E-state index contributed by atoms with van der Waals surface area (Å²) in [6.07, 6.45) is 4.51. The summed E-state index contributed by atoms with van der Waals surface area (Å²) in [7, 11) is 0. The molecule has 2 aromatic carbocycles. The van der Waals surface area contributed by atoms with Gasteiger partial charge in [-0.3, -0.25) is 14.6 Å². The lowest BCUT2D eigenvalue weighted by molar-refractivity contribution is 0.0923. The van der Waals surface area contributed by atoms with E-state index in [1.807, 2.05) is 6.92 Å². The Labute approximate surface area is 218 Å². The van der Waals surface area contributed by atoms with E-state index in [2.05, 4.69) is 25.9 Å². The number of rotatable bonds is 5. The number of pyridine rings is 1. The number of amides is 2. The molecule has 1 aromatic heterocycles. The fourth-order valence-electron chi connectivity index (χ4n) is 4.13. The zero-order chi connectivity index (χ0) is 26.4. The second kappa shape index (κ2) is 11.9. The highest BCUT2D eigenvalue weighted by molar-refractivity contribution is 6.30. The zero-order valence-corrected chi connectivity index (χ0v) is 20.9. The second-order valence-corrected chi connectivity index (χ2v) is 9.32. The predicted octanol–water partition coefficient (Wildman–Crippen LogP) is 5.26. The Morgan fingerprint density at radius 1 is 0.919 bits per heavy atom. The summed E-state index contributed by atoms with van der Waals surface area (Å²) in [6, 6.07) is 13.2. The first-order chi connectivity index (χ1) is 17.8. The Kier molecular flexibility index (Phi) is 8.45. The SMILES string of the molecule is Cc1cc(C(=O)N[C@H]2CC[C@H](N/C(=N\C(=O)c3ccc(F)c(F)c3)Nc3cccc(Cl)c3)CC2)ccn1. The van der Waals surface area contributed by atoms with Crippen LogP contribution in [0, 0.1) is 18.6 Å².